The van der Waals surface area contributed by atoms with Crippen molar-refractivity contribution in [3.8, 4) is 0 Å². The van der Waals surface area contributed by atoms with Crippen molar-refractivity contribution < 1.29 is 0 Å². The quantitative estimate of drug-likeness (QED) is 0.847. The number of nitrogens with zero attached hydrogens (tertiary/aromatic N) is 2. The summed E-state index contributed by atoms with van der Waals surface area (Å²) in [5.74, 6) is 1.11. The molecule has 94 valence electrons. The molecule has 0 aliphatic heterocycles. The Hall–Kier alpha value is -1.09. The summed E-state index contributed by atoms with van der Waals surface area (Å²) in [6.07, 6.45) is 2.63. The van der Waals surface area contributed by atoms with E-state index in [2.05, 4.69) is 50.2 Å². The second-order valence-electron chi connectivity index (χ2n) is 5.29. The summed E-state index contributed by atoms with van der Waals surface area (Å²) in [6, 6.07) is 5.58. The van der Waals surface area contributed by atoms with Gasteiger partial charge in [0.1, 0.15) is 5.82 Å². The lowest BCUT2D eigenvalue weighted by Crippen LogP contribution is -2.24. The first-order valence-corrected chi connectivity index (χ1v) is 6.50. The van der Waals surface area contributed by atoms with Crippen molar-refractivity contribution in [3.05, 3.63) is 23.4 Å². The van der Waals surface area contributed by atoms with Crippen LogP contribution in [0.25, 0.3) is 0 Å². The molecule has 1 aromatic heterocycles. The van der Waals surface area contributed by atoms with Gasteiger partial charge < -0.3 is 10.2 Å². The smallest absolute Gasteiger partial charge is 0.128 e. The summed E-state index contributed by atoms with van der Waals surface area (Å²) >= 11 is 0. The van der Waals surface area contributed by atoms with Crippen molar-refractivity contribution in [2.24, 2.45) is 0 Å². The first kappa shape index (κ1) is 12.4. The number of aryl methyl sites for hydroxylation is 1. The number of hydrogen-bond donors (Lipinski definition) is 1. The van der Waals surface area contributed by atoms with Crippen LogP contribution >= 0.6 is 0 Å². The minimum atomic E-state index is 0.517. The fourth-order valence-electron chi connectivity index (χ4n) is 1.92. The van der Waals surface area contributed by atoms with E-state index in [1.807, 2.05) is 0 Å². The fourth-order valence-corrected chi connectivity index (χ4v) is 1.92. The first-order valence-electron chi connectivity index (χ1n) is 6.50. The summed E-state index contributed by atoms with van der Waals surface area (Å²) in [5, 5.41) is 3.43. The van der Waals surface area contributed by atoms with E-state index in [1.165, 1.54) is 18.4 Å². The lowest BCUT2D eigenvalue weighted by atomic mass is 10.2. The maximum absolute atomic E-state index is 4.70. The number of nitrogens with one attached hydrogen (secondary N) is 1. The Labute approximate surface area is 104 Å². The van der Waals surface area contributed by atoms with Crippen LogP contribution in [-0.4, -0.2) is 24.1 Å². The van der Waals surface area contributed by atoms with Crippen LogP contribution in [0, 0.1) is 6.92 Å². The van der Waals surface area contributed by atoms with Gasteiger partial charge in [0.05, 0.1) is 0 Å². The summed E-state index contributed by atoms with van der Waals surface area (Å²) in [4.78, 5) is 7.00. The van der Waals surface area contributed by atoms with Crippen LogP contribution in [-0.2, 0) is 6.54 Å². The topological polar surface area (TPSA) is 28.2 Å². The highest BCUT2D eigenvalue weighted by atomic mass is 15.2. The maximum atomic E-state index is 4.70. The van der Waals surface area contributed by atoms with Crippen LogP contribution < -0.4 is 10.2 Å². The highest BCUT2D eigenvalue weighted by Gasteiger charge is 2.27. The molecule has 0 aromatic carbocycles. The zero-order valence-corrected chi connectivity index (χ0v) is 11.3. The third-order valence-corrected chi connectivity index (χ3v) is 3.34. The normalized spacial score (nSPS) is 15.4. The Morgan fingerprint density at radius 3 is 2.65 bits per heavy atom. The van der Waals surface area contributed by atoms with Gasteiger partial charge in [-0.3, -0.25) is 0 Å². The van der Waals surface area contributed by atoms with Crippen LogP contribution in [0.1, 0.15) is 37.9 Å². The Morgan fingerprint density at radius 2 is 2.12 bits per heavy atom. The van der Waals surface area contributed by atoms with E-state index in [0.29, 0.717) is 6.04 Å². The van der Waals surface area contributed by atoms with E-state index in [0.717, 1.165) is 24.1 Å². The predicted molar refractivity (Wildman–Crippen MR) is 72.4 cm³/mol. The Morgan fingerprint density at radius 1 is 1.41 bits per heavy atom. The van der Waals surface area contributed by atoms with E-state index in [1.54, 1.807) is 0 Å². The fraction of sp³-hybridized carbons (Fsp3) is 0.643. The number of aromatic nitrogens is 1. The molecule has 0 saturated heterocycles. The molecule has 3 heteroatoms. The van der Waals surface area contributed by atoms with Crippen molar-refractivity contribution in [1.82, 2.24) is 10.3 Å². The van der Waals surface area contributed by atoms with Gasteiger partial charge in [0.15, 0.2) is 0 Å². The highest BCUT2D eigenvalue weighted by Crippen LogP contribution is 2.29. The van der Waals surface area contributed by atoms with E-state index >= 15 is 0 Å². The molecular weight excluding hydrogens is 210 g/mol. The minimum Gasteiger partial charge on any atom is -0.357 e. The van der Waals surface area contributed by atoms with Gasteiger partial charge in [0, 0.05) is 31.4 Å². The van der Waals surface area contributed by atoms with Gasteiger partial charge in [0.25, 0.3) is 0 Å². The lowest BCUT2D eigenvalue weighted by Gasteiger charge is -2.19. The summed E-state index contributed by atoms with van der Waals surface area (Å²) in [6.45, 7) is 7.33. The minimum absolute atomic E-state index is 0.517. The van der Waals surface area contributed by atoms with Crippen molar-refractivity contribution in [3.63, 3.8) is 0 Å². The van der Waals surface area contributed by atoms with Gasteiger partial charge in [-0.15, -0.1) is 0 Å². The molecule has 1 aliphatic rings. The number of pyridine rings is 1. The SMILES string of the molecule is Cc1nc(N(C)C2CC2)ccc1CNC(C)C. The molecule has 0 radical (unpaired) electrons. The molecule has 1 aliphatic carbocycles. The summed E-state index contributed by atoms with van der Waals surface area (Å²) < 4.78 is 0. The molecule has 1 N–H and O–H groups in total. The van der Waals surface area contributed by atoms with Gasteiger partial charge in [0.2, 0.25) is 0 Å². The average Bonchev–Trinajstić information content (AvgIpc) is 3.10. The van der Waals surface area contributed by atoms with E-state index in [4.69, 9.17) is 4.98 Å². The number of rotatable bonds is 5. The maximum Gasteiger partial charge on any atom is 0.128 e. The molecule has 3 nitrogen and oxygen atoms in total. The molecule has 1 heterocycles. The summed E-state index contributed by atoms with van der Waals surface area (Å²) in [7, 11) is 2.14. The molecule has 0 bridgehead atoms. The molecule has 17 heavy (non-hydrogen) atoms. The Kier molecular flexibility index (Phi) is 3.67. The molecule has 0 atom stereocenters. The molecule has 1 saturated carbocycles. The molecule has 1 fully saturated rings. The van der Waals surface area contributed by atoms with Gasteiger partial charge in [-0.1, -0.05) is 19.9 Å². The second-order valence-corrected chi connectivity index (χ2v) is 5.29. The molecule has 2 rings (SSSR count). The van der Waals surface area contributed by atoms with Gasteiger partial charge in [-0.2, -0.15) is 0 Å². The first-order chi connectivity index (χ1) is 8.08. The van der Waals surface area contributed by atoms with Crippen LogP contribution in [0.3, 0.4) is 0 Å². The van der Waals surface area contributed by atoms with E-state index < -0.39 is 0 Å². The molecule has 0 unspecified atom stereocenters. The number of hydrogen-bond acceptors (Lipinski definition) is 3. The third kappa shape index (κ3) is 3.19. The third-order valence-electron chi connectivity index (χ3n) is 3.34. The monoisotopic (exact) mass is 233 g/mol. The van der Waals surface area contributed by atoms with E-state index in [-0.39, 0.29) is 0 Å². The zero-order valence-electron chi connectivity index (χ0n) is 11.3. The molecular formula is C14H23N3. The predicted octanol–water partition coefficient (Wildman–Crippen LogP) is 2.49. The lowest BCUT2D eigenvalue weighted by molar-refractivity contribution is 0.586. The van der Waals surface area contributed by atoms with Gasteiger partial charge in [-0.05, 0) is 31.4 Å². The van der Waals surface area contributed by atoms with Crippen molar-refractivity contribution in [2.75, 3.05) is 11.9 Å². The van der Waals surface area contributed by atoms with Crippen LogP contribution in [0.4, 0.5) is 5.82 Å². The largest absolute Gasteiger partial charge is 0.357 e. The van der Waals surface area contributed by atoms with Crippen LogP contribution in [0.15, 0.2) is 12.1 Å². The number of anilines is 1. The van der Waals surface area contributed by atoms with Crippen molar-refractivity contribution in [1.29, 1.82) is 0 Å². The van der Waals surface area contributed by atoms with Crippen LogP contribution in [0.5, 0.6) is 0 Å². The van der Waals surface area contributed by atoms with Gasteiger partial charge in [-0.25, -0.2) is 4.98 Å². The molecule has 0 spiro atoms. The zero-order chi connectivity index (χ0) is 12.4. The van der Waals surface area contributed by atoms with Crippen LogP contribution in [0.2, 0.25) is 0 Å². The Balaban J connectivity index is 2.05. The van der Waals surface area contributed by atoms with E-state index in [9.17, 15) is 0 Å². The molecule has 0 amide bonds. The standard InChI is InChI=1S/C14H23N3/c1-10(2)15-9-12-5-8-14(16-11(12)3)17(4)13-6-7-13/h5,8,10,13,15H,6-7,9H2,1-4H3. The van der Waals surface area contributed by atoms with Gasteiger partial charge >= 0.3 is 0 Å². The second kappa shape index (κ2) is 5.05. The van der Waals surface area contributed by atoms with Crippen molar-refractivity contribution >= 4 is 5.82 Å². The van der Waals surface area contributed by atoms with Crippen molar-refractivity contribution in [2.45, 2.75) is 52.2 Å². The summed E-state index contributed by atoms with van der Waals surface area (Å²) in [5.41, 5.74) is 2.44. The average molecular weight is 233 g/mol. The molecule has 1 aromatic rings. The highest BCUT2D eigenvalue weighted by molar-refractivity contribution is 5.43. The Bertz CT molecular complexity index is 383.